The van der Waals surface area contributed by atoms with Crippen molar-refractivity contribution in [1.29, 1.82) is 0 Å². The van der Waals surface area contributed by atoms with Crippen LogP contribution in [0.5, 0.6) is 0 Å². The highest BCUT2D eigenvalue weighted by atomic mass is 15.3. The van der Waals surface area contributed by atoms with Gasteiger partial charge in [0.15, 0.2) is 0 Å². The molecule has 2 atom stereocenters. The average molecular weight is 208 g/mol. The molecule has 86 valence electrons. The highest BCUT2D eigenvalue weighted by molar-refractivity contribution is 5.10. The van der Waals surface area contributed by atoms with Crippen LogP contribution in [0.2, 0.25) is 0 Å². The molecule has 0 aromatic carbocycles. The summed E-state index contributed by atoms with van der Waals surface area (Å²) in [6, 6.07) is 0.909. The highest BCUT2D eigenvalue weighted by Crippen LogP contribution is 2.53. The zero-order valence-corrected chi connectivity index (χ0v) is 10.4. The fourth-order valence-electron chi connectivity index (χ4n) is 4.02. The van der Waals surface area contributed by atoms with Crippen LogP contribution in [0.1, 0.15) is 39.5 Å². The third-order valence-corrected chi connectivity index (χ3v) is 5.32. The molecule has 0 N–H and O–H groups in total. The zero-order chi connectivity index (χ0) is 10.7. The molecule has 3 rings (SSSR count). The summed E-state index contributed by atoms with van der Waals surface area (Å²) in [7, 11) is 2.28. The Bertz CT molecular complexity index is 274. The second kappa shape index (κ2) is 2.98. The lowest BCUT2D eigenvalue weighted by molar-refractivity contribution is -0.118. The highest BCUT2D eigenvalue weighted by Gasteiger charge is 2.56. The van der Waals surface area contributed by atoms with Gasteiger partial charge in [-0.3, -0.25) is 4.90 Å². The van der Waals surface area contributed by atoms with E-state index in [2.05, 4.69) is 30.7 Å². The topological polar surface area (TPSA) is 6.48 Å². The zero-order valence-electron chi connectivity index (χ0n) is 10.4. The molecule has 15 heavy (non-hydrogen) atoms. The van der Waals surface area contributed by atoms with Crippen molar-refractivity contribution in [2.45, 2.75) is 51.1 Å². The number of nitrogens with zero attached hydrogens (tertiary/aromatic N) is 2. The van der Waals surface area contributed by atoms with Crippen LogP contribution in [0.25, 0.3) is 0 Å². The van der Waals surface area contributed by atoms with Crippen LogP contribution in [0.15, 0.2) is 0 Å². The third kappa shape index (κ3) is 1.31. The van der Waals surface area contributed by atoms with Crippen LogP contribution in [0.4, 0.5) is 0 Å². The summed E-state index contributed by atoms with van der Waals surface area (Å²) in [4.78, 5) is 5.31. The minimum Gasteiger partial charge on any atom is -0.306 e. The maximum absolute atomic E-state index is 2.79. The lowest BCUT2D eigenvalue weighted by atomic mass is 9.61. The van der Waals surface area contributed by atoms with Gasteiger partial charge in [-0.15, -0.1) is 0 Å². The van der Waals surface area contributed by atoms with Gasteiger partial charge in [0.1, 0.15) is 0 Å². The lowest BCUT2D eigenvalue weighted by Crippen LogP contribution is -2.68. The van der Waals surface area contributed by atoms with E-state index in [-0.39, 0.29) is 0 Å². The summed E-state index contributed by atoms with van der Waals surface area (Å²) < 4.78 is 0. The summed E-state index contributed by atoms with van der Waals surface area (Å²) in [5.41, 5.74) is 1.19. The van der Waals surface area contributed by atoms with E-state index >= 15 is 0 Å². The van der Waals surface area contributed by atoms with Gasteiger partial charge >= 0.3 is 0 Å². The minimum absolute atomic E-state index is 0.499. The number of rotatable bonds is 1. The van der Waals surface area contributed by atoms with Gasteiger partial charge < -0.3 is 4.90 Å². The molecule has 0 aromatic heterocycles. The molecule has 1 spiro atoms. The Morgan fingerprint density at radius 1 is 1.07 bits per heavy atom. The molecule has 2 saturated heterocycles. The van der Waals surface area contributed by atoms with E-state index in [1.54, 1.807) is 0 Å². The Balaban J connectivity index is 1.73. The Morgan fingerprint density at radius 3 is 2.20 bits per heavy atom. The van der Waals surface area contributed by atoms with E-state index < -0.39 is 0 Å². The third-order valence-electron chi connectivity index (χ3n) is 5.32. The predicted octanol–water partition coefficient (Wildman–Crippen LogP) is 1.96. The first-order chi connectivity index (χ1) is 7.04. The maximum atomic E-state index is 2.79. The van der Waals surface area contributed by atoms with Crippen molar-refractivity contribution in [3.8, 4) is 0 Å². The van der Waals surface area contributed by atoms with Gasteiger partial charge in [0, 0.05) is 24.7 Å². The molecule has 0 amide bonds. The van der Waals surface area contributed by atoms with E-state index in [9.17, 15) is 0 Å². The van der Waals surface area contributed by atoms with Crippen molar-refractivity contribution in [2.75, 3.05) is 26.7 Å². The van der Waals surface area contributed by atoms with Gasteiger partial charge in [0.2, 0.25) is 0 Å². The van der Waals surface area contributed by atoms with E-state index in [0.29, 0.717) is 11.0 Å². The predicted molar refractivity (Wildman–Crippen MR) is 63.0 cm³/mol. The van der Waals surface area contributed by atoms with Crippen LogP contribution >= 0.6 is 0 Å². The molecule has 3 fully saturated rings. The first kappa shape index (κ1) is 10.1. The van der Waals surface area contributed by atoms with Crippen LogP contribution in [-0.4, -0.2) is 48.1 Å². The molecule has 0 radical (unpaired) electrons. The summed E-state index contributed by atoms with van der Waals surface area (Å²) in [6.45, 7) is 8.86. The van der Waals surface area contributed by atoms with Crippen LogP contribution in [-0.2, 0) is 0 Å². The molecule has 0 bridgehead atoms. The number of likely N-dealkylation sites (tertiary alicyclic amines) is 2. The van der Waals surface area contributed by atoms with E-state index in [1.807, 2.05) is 0 Å². The van der Waals surface area contributed by atoms with Crippen molar-refractivity contribution in [3.63, 3.8) is 0 Å². The van der Waals surface area contributed by atoms with Gasteiger partial charge in [-0.05, 0) is 58.5 Å². The first-order valence-electron chi connectivity index (χ1n) is 6.49. The van der Waals surface area contributed by atoms with Crippen molar-refractivity contribution < 1.29 is 0 Å². The molecule has 2 nitrogen and oxygen atoms in total. The minimum atomic E-state index is 0.499. The SMILES string of the molecule is CN1CCC2(CCC2N2CCC2(C)C)C1. The van der Waals surface area contributed by atoms with E-state index in [1.165, 1.54) is 45.3 Å². The molecular weight excluding hydrogens is 184 g/mol. The molecule has 0 aromatic rings. The standard InChI is InChI=1S/C13H24N2/c1-12(2)6-9-15(12)11-4-5-13(11)7-8-14(3)10-13/h11H,4-10H2,1-3H3. The van der Waals surface area contributed by atoms with Crippen molar-refractivity contribution in [2.24, 2.45) is 5.41 Å². The van der Waals surface area contributed by atoms with Gasteiger partial charge in [-0.2, -0.15) is 0 Å². The Morgan fingerprint density at radius 2 is 1.87 bits per heavy atom. The Kier molecular flexibility index (Phi) is 2.01. The fraction of sp³-hybridized carbons (Fsp3) is 1.00. The quantitative estimate of drug-likeness (QED) is 0.650. The van der Waals surface area contributed by atoms with Crippen LogP contribution < -0.4 is 0 Å². The summed E-state index contributed by atoms with van der Waals surface area (Å²) in [5.74, 6) is 0. The molecule has 3 aliphatic rings. The van der Waals surface area contributed by atoms with Gasteiger partial charge in [-0.25, -0.2) is 0 Å². The van der Waals surface area contributed by atoms with E-state index in [4.69, 9.17) is 0 Å². The number of hydrogen-bond acceptors (Lipinski definition) is 2. The molecule has 2 heteroatoms. The second-order valence-electron chi connectivity index (χ2n) is 6.66. The fourth-order valence-corrected chi connectivity index (χ4v) is 4.02. The van der Waals surface area contributed by atoms with Gasteiger partial charge in [0.25, 0.3) is 0 Å². The van der Waals surface area contributed by atoms with E-state index in [0.717, 1.165) is 6.04 Å². The monoisotopic (exact) mass is 208 g/mol. The molecule has 1 saturated carbocycles. The number of hydrogen-bond donors (Lipinski definition) is 0. The van der Waals surface area contributed by atoms with Crippen LogP contribution in [0.3, 0.4) is 0 Å². The summed E-state index contributed by atoms with van der Waals surface area (Å²) in [6.07, 6.45) is 5.78. The average Bonchev–Trinajstić information content (AvgIpc) is 2.56. The Hall–Kier alpha value is -0.0800. The van der Waals surface area contributed by atoms with Crippen molar-refractivity contribution in [3.05, 3.63) is 0 Å². The van der Waals surface area contributed by atoms with Crippen molar-refractivity contribution >= 4 is 0 Å². The van der Waals surface area contributed by atoms with Gasteiger partial charge in [0.05, 0.1) is 0 Å². The van der Waals surface area contributed by atoms with Crippen LogP contribution in [0, 0.1) is 5.41 Å². The molecular formula is C13H24N2. The van der Waals surface area contributed by atoms with Gasteiger partial charge in [-0.1, -0.05) is 0 Å². The lowest BCUT2D eigenvalue weighted by Gasteiger charge is -2.62. The van der Waals surface area contributed by atoms with Crippen molar-refractivity contribution in [1.82, 2.24) is 9.80 Å². The molecule has 2 unspecified atom stereocenters. The molecule has 2 heterocycles. The largest absolute Gasteiger partial charge is 0.306 e. The molecule has 2 aliphatic heterocycles. The normalized spacial score (nSPS) is 45.4. The first-order valence-corrected chi connectivity index (χ1v) is 6.49. The smallest absolute Gasteiger partial charge is 0.0170 e. The molecule has 1 aliphatic carbocycles. The second-order valence-corrected chi connectivity index (χ2v) is 6.66. The summed E-state index contributed by atoms with van der Waals surface area (Å²) in [5, 5.41) is 0. The maximum Gasteiger partial charge on any atom is 0.0170 e. The summed E-state index contributed by atoms with van der Waals surface area (Å²) >= 11 is 0. The Labute approximate surface area is 93.6 Å².